The van der Waals surface area contributed by atoms with Crippen molar-refractivity contribution < 1.29 is 18.7 Å². The molecule has 1 saturated carbocycles. The predicted octanol–water partition coefficient (Wildman–Crippen LogP) is 4.32. The van der Waals surface area contributed by atoms with Crippen molar-refractivity contribution in [3.05, 3.63) is 75.3 Å². The summed E-state index contributed by atoms with van der Waals surface area (Å²) in [4.78, 5) is 38.3. The lowest BCUT2D eigenvalue weighted by molar-refractivity contribution is 0.0948. The van der Waals surface area contributed by atoms with Gasteiger partial charge in [-0.05, 0) is 56.5 Å². The van der Waals surface area contributed by atoms with E-state index >= 15 is 0 Å². The van der Waals surface area contributed by atoms with Gasteiger partial charge in [-0.25, -0.2) is 9.18 Å². The fourth-order valence-corrected chi connectivity index (χ4v) is 3.68. The highest BCUT2D eigenvalue weighted by Gasteiger charge is 2.30. The molecular weight excluding hydrogens is 465 g/mol. The molecule has 4 N–H and O–H groups in total. The Morgan fingerprint density at radius 2 is 1.86 bits per heavy atom. The molecule has 36 heavy (non-hydrogen) atoms. The standard InChI is InChI=1S/C26H28FN5O4/c1-14-8-11-20(19(27)12-14)31-23-21(24(33)29-16-9-10-16)22(15(2)25(34)32(23)4)36-18-7-5-6-17(13-18)30-26(35)28-3/h5-8,11-13,16,31H,9-10H2,1-4H3,(H,29,33)(H2,28,30,35). The number of pyridine rings is 1. The van der Waals surface area contributed by atoms with E-state index in [9.17, 15) is 18.8 Å². The van der Waals surface area contributed by atoms with Crippen LogP contribution in [0.15, 0.2) is 47.3 Å². The van der Waals surface area contributed by atoms with Crippen LogP contribution in [0.3, 0.4) is 0 Å². The molecule has 10 heteroatoms. The molecule has 1 heterocycles. The maximum absolute atomic E-state index is 14.7. The van der Waals surface area contributed by atoms with Crippen LogP contribution in [0.5, 0.6) is 11.5 Å². The van der Waals surface area contributed by atoms with Gasteiger partial charge in [-0.3, -0.25) is 14.2 Å². The monoisotopic (exact) mass is 493 g/mol. The third-order valence-corrected chi connectivity index (χ3v) is 5.82. The van der Waals surface area contributed by atoms with Gasteiger partial charge in [-0.1, -0.05) is 12.1 Å². The number of rotatable bonds is 7. The number of aryl methyl sites for hydroxylation is 1. The lowest BCUT2D eigenvalue weighted by Gasteiger charge is -2.21. The van der Waals surface area contributed by atoms with E-state index in [0.717, 1.165) is 18.4 Å². The fourth-order valence-electron chi connectivity index (χ4n) is 3.68. The first-order valence-corrected chi connectivity index (χ1v) is 11.5. The number of carbonyl (C=O) groups is 2. The van der Waals surface area contributed by atoms with Crippen molar-refractivity contribution in [2.45, 2.75) is 32.7 Å². The largest absolute Gasteiger partial charge is 0.456 e. The van der Waals surface area contributed by atoms with Crippen molar-refractivity contribution in [2.75, 3.05) is 17.7 Å². The van der Waals surface area contributed by atoms with Crippen molar-refractivity contribution in [3.63, 3.8) is 0 Å². The molecule has 0 radical (unpaired) electrons. The van der Waals surface area contributed by atoms with Gasteiger partial charge in [0.05, 0.1) is 11.3 Å². The van der Waals surface area contributed by atoms with Gasteiger partial charge >= 0.3 is 6.03 Å². The first kappa shape index (κ1) is 24.8. The third kappa shape index (κ3) is 5.32. The van der Waals surface area contributed by atoms with Crippen LogP contribution >= 0.6 is 0 Å². The molecule has 1 aliphatic rings. The number of nitrogens with zero attached hydrogens (tertiary/aromatic N) is 1. The van der Waals surface area contributed by atoms with Crippen LogP contribution in [0.2, 0.25) is 0 Å². The third-order valence-electron chi connectivity index (χ3n) is 5.82. The number of hydrogen-bond acceptors (Lipinski definition) is 5. The Hall–Kier alpha value is -4.34. The van der Waals surface area contributed by atoms with E-state index in [-0.39, 0.29) is 34.4 Å². The quantitative estimate of drug-likeness (QED) is 0.392. The maximum atomic E-state index is 14.7. The van der Waals surface area contributed by atoms with Gasteiger partial charge in [0, 0.05) is 31.9 Å². The molecule has 0 saturated heterocycles. The Bertz CT molecular complexity index is 1400. The number of halogens is 1. The number of aromatic nitrogens is 1. The van der Waals surface area contributed by atoms with Crippen molar-refractivity contribution >= 4 is 29.1 Å². The van der Waals surface area contributed by atoms with Crippen LogP contribution in [-0.2, 0) is 7.05 Å². The number of carbonyl (C=O) groups excluding carboxylic acids is 2. The maximum Gasteiger partial charge on any atom is 0.318 e. The summed E-state index contributed by atoms with van der Waals surface area (Å²) in [7, 11) is 3.00. The number of amides is 3. The molecule has 4 rings (SSSR count). The highest BCUT2D eigenvalue weighted by atomic mass is 19.1. The summed E-state index contributed by atoms with van der Waals surface area (Å²) in [6.07, 6.45) is 1.71. The van der Waals surface area contributed by atoms with E-state index in [1.807, 2.05) is 0 Å². The molecule has 1 aromatic heterocycles. The number of anilines is 3. The summed E-state index contributed by atoms with van der Waals surface area (Å²) in [5.41, 5.74) is 1.17. The summed E-state index contributed by atoms with van der Waals surface area (Å²) in [6.45, 7) is 3.33. The molecule has 188 valence electrons. The normalized spacial score (nSPS) is 12.6. The minimum Gasteiger partial charge on any atom is -0.456 e. The molecular formula is C26H28FN5O4. The zero-order valence-corrected chi connectivity index (χ0v) is 20.5. The Kier molecular flexibility index (Phi) is 6.96. The van der Waals surface area contributed by atoms with Gasteiger partial charge in [-0.15, -0.1) is 0 Å². The molecule has 0 spiro atoms. The van der Waals surface area contributed by atoms with Crippen LogP contribution in [-0.4, -0.2) is 29.6 Å². The fraction of sp³-hybridized carbons (Fsp3) is 0.269. The Labute approximate surface area is 207 Å². The number of benzene rings is 2. The van der Waals surface area contributed by atoms with E-state index in [4.69, 9.17) is 4.74 Å². The van der Waals surface area contributed by atoms with Crippen molar-refractivity contribution in [1.82, 2.24) is 15.2 Å². The van der Waals surface area contributed by atoms with E-state index in [1.165, 1.54) is 24.7 Å². The molecule has 9 nitrogen and oxygen atoms in total. The van der Waals surface area contributed by atoms with E-state index in [0.29, 0.717) is 11.4 Å². The zero-order valence-electron chi connectivity index (χ0n) is 20.5. The summed E-state index contributed by atoms with van der Waals surface area (Å²) in [6, 6.07) is 10.8. The Morgan fingerprint density at radius 1 is 1.11 bits per heavy atom. The topological polar surface area (TPSA) is 113 Å². The molecule has 1 fully saturated rings. The summed E-state index contributed by atoms with van der Waals surface area (Å²) >= 11 is 0. The minimum atomic E-state index is -0.521. The average molecular weight is 494 g/mol. The van der Waals surface area contributed by atoms with Gasteiger partial charge in [0.25, 0.3) is 11.5 Å². The SMILES string of the molecule is CNC(=O)Nc1cccc(Oc2c(C(=O)NC3CC3)c(Nc3ccc(C)cc3F)n(C)c(=O)c2C)c1. The van der Waals surface area contributed by atoms with Gasteiger partial charge in [-0.2, -0.15) is 0 Å². The van der Waals surface area contributed by atoms with Gasteiger partial charge < -0.3 is 26.0 Å². The number of hydrogen-bond donors (Lipinski definition) is 4. The van der Waals surface area contributed by atoms with Crippen molar-refractivity contribution in [2.24, 2.45) is 7.05 Å². The van der Waals surface area contributed by atoms with Gasteiger partial charge in [0.1, 0.15) is 22.9 Å². The van der Waals surface area contributed by atoms with Crippen LogP contribution < -0.4 is 31.6 Å². The molecule has 0 bridgehead atoms. The van der Waals surface area contributed by atoms with E-state index < -0.39 is 23.3 Å². The van der Waals surface area contributed by atoms with Gasteiger partial charge in [0.2, 0.25) is 0 Å². The molecule has 2 aromatic carbocycles. The number of nitrogens with one attached hydrogen (secondary N) is 4. The van der Waals surface area contributed by atoms with Crippen LogP contribution in [0.4, 0.5) is 26.4 Å². The second-order valence-corrected chi connectivity index (χ2v) is 8.73. The second-order valence-electron chi connectivity index (χ2n) is 8.73. The summed E-state index contributed by atoms with van der Waals surface area (Å²) < 4.78 is 22.1. The lowest BCUT2D eigenvalue weighted by atomic mass is 10.1. The second kappa shape index (κ2) is 10.1. The van der Waals surface area contributed by atoms with Gasteiger partial charge in [0.15, 0.2) is 5.75 Å². The molecule has 1 aliphatic carbocycles. The van der Waals surface area contributed by atoms with Crippen LogP contribution in [0.25, 0.3) is 0 Å². The first-order valence-electron chi connectivity index (χ1n) is 11.5. The first-order chi connectivity index (χ1) is 17.2. The minimum absolute atomic E-state index is 0.0342. The highest BCUT2D eigenvalue weighted by Crippen LogP contribution is 2.35. The molecule has 0 aliphatic heterocycles. The van der Waals surface area contributed by atoms with Crippen molar-refractivity contribution in [3.8, 4) is 11.5 Å². The summed E-state index contributed by atoms with van der Waals surface area (Å²) in [5, 5.41) is 11.0. The van der Waals surface area contributed by atoms with Crippen LogP contribution in [0.1, 0.15) is 34.3 Å². The predicted molar refractivity (Wildman–Crippen MR) is 136 cm³/mol. The zero-order chi connectivity index (χ0) is 26.0. The smallest absolute Gasteiger partial charge is 0.318 e. The number of urea groups is 1. The molecule has 3 amide bonds. The molecule has 0 atom stereocenters. The lowest BCUT2D eigenvalue weighted by Crippen LogP contribution is -2.31. The molecule has 3 aromatic rings. The Balaban J connectivity index is 1.83. The van der Waals surface area contributed by atoms with E-state index in [1.54, 1.807) is 50.2 Å². The molecule has 0 unspecified atom stereocenters. The Morgan fingerprint density at radius 3 is 2.53 bits per heavy atom. The van der Waals surface area contributed by atoms with E-state index in [2.05, 4.69) is 21.3 Å². The highest BCUT2D eigenvalue weighted by molar-refractivity contribution is 6.03. The van der Waals surface area contributed by atoms with Crippen LogP contribution in [0, 0.1) is 19.7 Å². The number of ether oxygens (including phenoxy) is 1. The van der Waals surface area contributed by atoms with Crippen molar-refractivity contribution in [1.29, 1.82) is 0 Å². The average Bonchev–Trinajstić information content (AvgIpc) is 3.66. The summed E-state index contributed by atoms with van der Waals surface area (Å²) in [5.74, 6) is -0.523.